The van der Waals surface area contributed by atoms with Gasteiger partial charge >= 0.3 is 0 Å². The molecule has 0 N–H and O–H groups in total. The summed E-state index contributed by atoms with van der Waals surface area (Å²) in [5.74, 6) is 3.00. The van der Waals surface area contributed by atoms with E-state index in [0.717, 1.165) is 43.6 Å². The van der Waals surface area contributed by atoms with Gasteiger partial charge in [0.25, 0.3) is 0 Å². The molecule has 4 bridgehead atoms. The first-order valence-corrected chi connectivity index (χ1v) is 11.7. The van der Waals surface area contributed by atoms with Crippen molar-refractivity contribution in [1.29, 1.82) is 0 Å². The first-order valence-electron chi connectivity index (χ1n) is 11.7. The Balaban J connectivity index is 1.34. The zero-order valence-corrected chi connectivity index (χ0v) is 17.7. The van der Waals surface area contributed by atoms with Crippen LogP contribution in [0.2, 0.25) is 0 Å². The van der Waals surface area contributed by atoms with Crippen LogP contribution in [-0.2, 0) is 17.6 Å². The normalized spacial score (nSPS) is 33.9. The fraction of sp³-hybridized carbons (Fsp3) is 0.577. The Morgan fingerprint density at radius 1 is 0.800 bits per heavy atom. The highest BCUT2D eigenvalue weighted by Crippen LogP contribution is 2.59. The second-order valence-corrected chi connectivity index (χ2v) is 10.7. The maximum atomic E-state index is 14.2. The average Bonchev–Trinajstić information content (AvgIpc) is 3.05. The number of hydrogen-bond donors (Lipinski definition) is 0. The first kappa shape index (κ1) is 18.5. The van der Waals surface area contributed by atoms with Gasteiger partial charge in [0.15, 0.2) is 0 Å². The Bertz CT molecular complexity index is 849. The molecule has 1 aliphatic heterocycles. The molecular weight excluding hydrogens is 370 g/mol. The summed E-state index contributed by atoms with van der Waals surface area (Å²) in [4.78, 5) is 25.0. The molecule has 4 heteroatoms. The number of carbonyl (C=O) groups excluding carboxylic acids is 1. The molecule has 0 atom stereocenters. The van der Waals surface area contributed by atoms with Crippen LogP contribution in [0.4, 0.5) is 0 Å². The molecular formula is C26H31N3O. The van der Waals surface area contributed by atoms with Gasteiger partial charge in [-0.1, -0.05) is 0 Å². The molecule has 2 aromatic rings. The molecule has 1 saturated heterocycles. The Kier molecular flexibility index (Phi) is 4.26. The number of pyridine rings is 2. The van der Waals surface area contributed by atoms with E-state index < -0.39 is 0 Å². The van der Waals surface area contributed by atoms with Crippen LogP contribution in [0, 0.1) is 23.2 Å². The van der Waals surface area contributed by atoms with E-state index in [2.05, 4.69) is 39.1 Å². The van der Waals surface area contributed by atoms with Crippen LogP contribution in [0.15, 0.2) is 49.1 Å². The molecule has 4 nitrogen and oxygen atoms in total. The van der Waals surface area contributed by atoms with Gasteiger partial charge in [0, 0.05) is 36.9 Å². The third-order valence-corrected chi connectivity index (χ3v) is 8.68. The standard InChI is InChI=1S/C26H31N3O/c30-24-25(14-19-1-6-27-7-2-19,15-20-3-8-28-9-4-20)5-10-29(24)26-16-21-11-22(17-26)13-23(12-21)18-26/h1-4,6-9,21-23H,5,10-18H2. The maximum Gasteiger partial charge on any atom is 0.229 e. The van der Waals surface area contributed by atoms with Crippen LogP contribution in [-0.4, -0.2) is 32.9 Å². The van der Waals surface area contributed by atoms with E-state index in [9.17, 15) is 4.79 Å². The Labute approximate surface area is 179 Å². The lowest BCUT2D eigenvalue weighted by Gasteiger charge is -2.60. The monoisotopic (exact) mass is 401 g/mol. The van der Waals surface area contributed by atoms with Crippen LogP contribution in [0.25, 0.3) is 0 Å². The van der Waals surface area contributed by atoms with Crippen molar-refractivity contribution in [1.82, 2.24) is 14.9 Å². The molecule has 5 fully saturated rings. The third-order valence-electron chi connectivity index (χ3n) is 8.68. The summed E-state index contributed by atoms with van der Waals surface area (Å²) in [5, 5.41) is 0. The average molecular weight is 402 g/mol. The quantitative estimate of drug-likeness (QED) is 0.744. The van der Waals surface area contributed by atoms with Crippen molar-refractivity contribution in [2.24, 2.45) is 23.2 Å². The van der Waals surface area contributed by atoms with Gasteiger partial charge in [-0.05, 0) is 111 Å². The smallest absolute Gasteiger partial charge is 0.229 e. The van der Waals surface area contributed by atoms with Crippen LogP contribution >= 0.6 is 0 Å². The van der Waals surface area contributed by atoms with Gasteiger partial charge in [0.05, 0.1) is 5.41 Å². The summed E-state index contributed by atoms with van der Waals surface area (Å²) >= 11 is 0. The fourth-order valence-electron chi connectivity index (χ4n) is 7.84. The second kappa shape index (κ2) is 6.90. The first-order chi connectivity index (χ1) is 14.6. The van der Waals surface area contributed by atoms with Crippen LogP contribution in [0.3, 0.4) is 0 Å². The van der Waals surface area contributed by atoms with Crippen molar-refractivity contribution in [3.8, 4) is 0 Å². The highest BCUT2D eigenvalue weighted by atomic mass is 16.2. The molecule has 0 aromatic carbocycles. The van der Waals surface area contributed by atoms with Crippen LogP contribution in [0.5, 0.6) is 0 Å². The van der Waals surface area contributed by atoms with Gasteiger partial charge in [-0.15, -0.1) is 0 Å². The van der Waals surface area contributed by atoms with Crippen LogP contribution in [0.1, 0.15) is 56.1 Å². The van der Waals surface area contributed by atoms with Crippen molar-refractivity contribution in [3.63, 3.8) is 0 Å². The van der Waals surface area contributed by atoms with Gasteiger partial charge in [0.1, 0.15) is 0 Å². The lowest BCUT2D eigenvalue weighted by atomic mass is 9.52. The molecule has 4 aliphatic carbocycles. The molecule has 5 aliphatic rings. The molecule has 3 heterocycles. The highest BCUT2D eigenvalue weighted by Gasteiger charge is 2.59. The highest BCUT2D eigenvalue weighted by molar-refractivity contribution is 5.86. The third kappa shape index (κ3) is 2.99. The van der Waals surface area contributed by atoms with E-state index in [4.69, 9.17) is 0 Å². The minimum atomic E-state index is -0.341. The van der Waals surface area contributed by atoms with E-state index >= 15 is 0 Å². The van der Waals surface area contributed by atoms with E-state index in [0.29, 0.717) is 5.91 Å². The molecule has 4 saturated carbocycles. The van der Waals surface area contributed by atoms with Crippen molar-refractivity contribution in [2.75, 3.05) is 6.54 Å². The molecule has 30 heavy (non-hydrogen) atoms. The largest absolute Gasteiger partial charge is 0.336 e. The van der Waals surface area contributed by atoms with Gasteiger partial charge in [-0.2, -0.15) is 0 Å². The SMILES string of the molecule is O=C1N(C23CC4CC(CC(C4)C2)C3)CCC1(Cc1ccncc1)Cc1ccncc1. The number of carbonyl (C=O) groups is 1. The number of likely N-dealkylation sites (tertiary alicyclic amines) is 1. The Morgan fingerprint density at radius 2 is 1.27 bits per heavy atom. The number of aromatic nitrogens is 2. The Hall–Kier alpha value is -2.23. The predicted octanol–water partition coefficient (Wildman–Crippen LogP) is 4.45. The lowest BCUT2D eigenvalue weighted by molar-refractivity contribution is -0.152. The molecule has 0 spiro atoms. The number of hydrogen-bond acceptors (Lipinski definition) is 3. The minimum Gasteiger partial charge on any atom is -0.336 e. The summed E-state index contributed by atoms with van der Waals surface area (Å²) in [6, 6.07) is 8.31. The summed E-state index contributed by atoms with van der Waals surface area (Å²) in [7, 11) is 0. The topological polar surface area (TPSA) is 46.1 Å². The van der Waals surface area contributed by atoms with Gasteiger partial charge in [0.2, 0.25) is 5.91 Å². The zero-order valence-electron chi connectivity index (χ0n) is 17.7. The molecule has 0 unspecified atom stereocenters. The maximum absolute atomic E-state index is 14.2. The van der Waals surface area contributed by atoms with Crippen molar-refractivity contribution < 1.29 is 4.79 Å². The Morgan fingerprint density at radius 3 is 1.73 bits per heavy atom. The van der Waals surface area contributed by atoms with Crippen molar-refractivity contribution in [3.05, 3.63) is 60.2 Å². The summed E-state index contributed by atoms with van der Waals surface area (Å²) in [5.41, 5.74) is 2.26. The van der Waals surface area contributed by atoms with Gasteiger partial charge in [-0.25, -0.2) is 0 Å². The lowest BCUT2D eigenvalue weighted by Crippen LogP contribution is -2.61. The van der Waals surface area contributed by atoms with E-state index in [1.54, 1.807) is 0 Å². The summed E-state index contributed by atoms with van der Waals surface area (Å²) in [6.07, 6.45) is 18.0. The summed E-state index contributed by atoms with van der Waals surface area (Å²) in [6.45, 7) is 0.932. The molecule has 0 radical (unpaired) electrons. The van der Waals surface area contributed by atoms with E-state index in [1.807, 2.05) is 24.8 Å². The molecule has 1 amide bonds. The molecule has 7 rings (SSSR count). The van der Waals surface area contributed by atoms with Crippen LogP contribution < -0.4 is 0 Å². The predicted molar refractivity (Wildman–Crippen MR) is 116 cm³/mol. The van der Waals surface area contributed by atoms with E-state index in [1.165, 1.54) is 49.7 Å². The fourth-order valence-corrected chi connectivity index (χ4v) is 7.84. The number of nitrogens with zero attached hydrogens (tertiary/aromatic N) is 3. The minimum absolute atomic E-state index is 0.157. The number of rotatable bonds is 5. The van der Waals surface area contributed by atoms with E-state index in [-0.39, 0.29) is 11.0 Å². The molecule has 156 valence electrons. The van der Waals surface area contributed by atoms with Gasteiger partial charge < -0.3 is 4.90 Å². The number of amides is 1. The summed E-state index contributed by atoms with van der Waals surface area (Å²) < 4.78 is 0. The zero-order chi connectivity index (χ0) is 20.2. The molecule has 2 aromatic heterocycles. The van der Waals surface area contributed by atoms with Crippen molar-refractivity contribution >= 4 is 5.91 Å². The van der Waals surface area contributed by atoms with Gasteiger partial charge in [-0.3, -0.25) is 14.8 Å². The second-order valence-electron chi connectivity index (χ2n) is 10.7. The van der Waals surface area contributed by atoms with Crippen molar-refractivity contribution in [2.45, 2.75) is 63.3 Å².